The highest BCUT2D eigenvalue weighted by Gasteiger charge is 2.25. The van der Waals surface area contributed by atoms with Gasteiger partial charge in [-0.3, -0.25) is 4.79 Å². The first-order chi connectivity index (χ1) is 13.0. The quantitative estimate of drug-likeness (QED) is 0.781. The van der Waals surface area contributed by atoms with Gasteiger partial charge in [0.15, 0.2) is 0 Å². The lowest BCUT2D eigenvalue weighted by molar-refractivity contribution is -0.131. The number of hydrogen-bond donors (Lipinski definition) is 0. The summed E-state index contributed by atoms with van der Waals surface area (Å²) < 4.78 is 4.82. The number of methoxy groups -OCH3 is 1. The second-order valence-electron chi connectivity index (χ2n) is 6.51. The molecular weight excluding hydrogens is 342 g/mol. The Bertz CT molecular complexity index is 917. The third-order valence-electron chi connectivity index (χ3n) is 4.76. The van der Waals surface area contributed by atoms with Gasteiger partial charge in [0.05, 0.1) is 30.5 Å². The molecule has 0 spiro atoms. The topological polar surface area (TPSA) is 73.6 Å². The number of esters is 1. The minimum absolute atomic E-state index is 0.00538. The molecule has 0 saturated carbocycles. The molecule has 27 heavy (non-hydrogen) atoms. The maximum absolute atomic E-state index is 12.6. The maximum Gasteiger partial charge on any atom is 0.338 e. The highest BCUT2D eigenvalue weighted by atomic mass is 16.5. The van der Waals surface area contributed by atoms with Gasteiger partial charge in [0.2, 0.25) is 5.91 Å². The number of carbonyl (C=O) groups excluding carboxylic acids is 2. The lowest BCUT2D eigenvalue weighted by Crippen LogP contribution is -2.50. The molecule has 0 atom stereocenters. The minimum atomic E-state index is -0.376. The van der Waals surface area contributed by atoms with Crippen molar-refractivity contribution in [3.63, 3.8) is 0 Å². The molecule has 1 heterocycles. The van der Waals surface area contributed by atoms with E-state index in [0.29, 0.717) is 30.8 Å². The molecule has 1 saturated heterocycles. The number of ether oxygens (including phenoxy) is 1. The second-order valence-corrected chi connectivity index (χ2v) is 6.51. The Morgan fingerprint density at radius 1 is 1.22 bits per heavy atom. The molecule has 6 nitrogen and oxygen atoms in total. The van der Waals surface area contributed by atoms with Gasteiger partial charge in [-0.15, -0.1) is 0 Å². The zero-order valence-electron chi connectivity index (χ0n) is 15.4. The van der Waals surface area contributed by atoms with Crippen LogP contribution in [0.15, 0.2) is 42.5 Å². The molecule has 138 valence electrons. The first kappa shape index (κ1) is 18.5. The van der Waals surface area contributed by atoms with E-state index in [4.69, 9.17) is 4.74 Å². The average molecular weight is 363 g/mol. The van der Waals surface area contributed by atoms with Crippen molar-refractivity contribution in [1.29, 1.82) is 5.26 Å². The zero-order valence-corrected chi connectivity index (χ0v) is 15.4. The molecular formula is C21H21N3O3. The van der Waals surface area contributed by atoms with E-state index >= 15 is 0 Å². The number of rotatable bonds is 4. The second kappa shape index (κ2) is 7.92. The van der Waals surface area contributed by atoms with Crippen LogP contribution < -0.4 is 4.90 Å². The lowest BCUT2D eigenvalue weighted by Gasteiger charge is -2.36. The van der Waals surface area contributed by atoms with Crippen LogP contribution in [0.25, 0.3) is 0 Å². The summed E-state index contributed by atoms with van der Waals surface area (Å²) in [5, 5.41) is 9.27. The number of aryl methyl sites for hydroxylation is 1. The standard InChI is InChI=1S/C21H21N3O3/c1-15-7-8-16(11-18(15)21(26)27-2)13-24-10-9-23(14-20(24)25)19-6-4-3-5-17(19)12-22/h3-8,11H,9-10,13-14H2,1-2H3. The van der Waals surface area contributed by atoms with Crippen molar-refractivity contribution in [3.05, 3.63) is 64.7 Å². The number of hydrogen-bond acceptors (Lipinski definition) is 5. The van der Waals surface area contributed by atoms with E-state index in [-0.39, 0.29) is 18.4 Å². The fourth-order valence-electron chi connectivity index (χ4n) is 3.24. The van der Waals surface area contributed by atoms with E-state index in [2.05, 4.69) is 6.07 Å². The first-order valence-corrected chi connectivity index (χ1v) is 8.73. The number of para-hydroxylation sites is 1. The molecule has 0 aromatic heterocycles. The van der Waals surface area contributed by atoms with Crippen LogP contribution in [0.2, 0.25) is 0 Å². The number of amides is 1. The van der Waals surface area contributed by atoms with Gasteiger partial charge in [-0.05, 0) is 36.2 Å². The molecule has 1 amide bonds. The number of benzene rings is 2. The van der Waals surface area contributed by atoms with Gasteiger partial charge in [0.25, 0.3) is 0 Å². The Morgan fingerprint density at radius 2 is 2.00 bits per heavy atom. The SMILES string of the molecule is COC(=O)c1cc(CN2CCN(c3ccccc3C#N)CC2=O)ccc1C. The molecule has 2 aromatic carbocycles. The summed E-state index contributed by atoms with van der Waals surface area (Å²) in [5.41, 5.74) is 3.61. The summed E-state index contributed by atoms with van der Waals surface area (Å²) in [6.07, 6.45) is 0. The van der Waals surface area contributed by atoms with Crippen molar-refractivity contribution in [1.82, 2.24) is 4.90 Å². The zero-order chi connectivity index (χ0) is 19.4. The molecule has 1 aliphatic rings. The molecule has 1 fully saturated rings. The molecule has 2 aromatic rings. The molecule has 0 N–H and O–H groups in total. The van der Waals surface area contributed by atoms with Crippen LogP contribution in [0.3, 0.4) is 0 Å². The van der Waals surface area contributed by atoms with Gasteiger partial charge in [-0.2, -0.15) is 5.26 Å². The summed E-state index contributed by atoms with van der Waals surface area (Å²) in [4.78, 5) is 28.2. The summed E-state index contributed by atoms with van der Waals surface area (Å²) >= 11 is 0. The van der Waals surface area contributed by atoms with Gasteiger partial charge in [0, 0.05) is 19.6 Å². The van der Waals surface area contributed by atoms with Crippen molar-refractivity contribution in [2.75, 3.05) is 31.6 Å². The monoisotopic (exact) mass is 363 g/mol. The third-order valence-corrected chi connectivity index (χ3v) is 4.76. The summed E-state index contributed by atoms with van der Waals surface area (Å²) in [6, 6.07) is 15.1. The molecule has 6 heteroatoms. The maximum atomic E-state index is 12.6. The number of anilines is 1. The first-order valence-electron chi connectivity index (χ1n) is 8.73. The Labute approximate surface area is 158 Å². The summed E-state index contributed by atoms with van der Waals surface area (Å²) in [6.45, 7) is 3.73. The molecule has 0 bridgehead atoms. The predicted molar refractivity (Wildman–Crippen MR) is 101 cm³/mol. The Hall–Kier alpha value is -3.33. The fourth-order valence-corrected chi connectivity index (χ4v) is 3.24. The lowest BCUT2D eigenvalue weighted by atomic mass is 10.0. The third kappa shape index (κ3) is 3.93. The van der Waals surface area contributed by atoms with E-state index in [1.165, 1.54) is 7.11 Å². The van der Waals surface area contributed by atoms with Crippen molar-refractivity contribution in [3.8, 4) is 6.07 Å². The van der Waals surface area contributed by atoms with E-state index in [1.54, 1.807) is 17.0 Å². The van der Waals surface area contributed by atoms with Gasteiger partial charge < -0.3 is 14.5 Å². The molecule has 0 radical (unpaired) electrons. The number of nitriles is 1. The Morgan fingerprint density at radius 3 is 2.70 bits per heavy atom. The van der Waals surface area contributed by atoms with Gasteiger partial charge in [0.1, 0.15) is 6.07 Å². The number of nitrogens with zero attached hydrogens (tertiary/aromatic N) is 3. The van der Waals surface area contributed by atoms with Crippen LogP contribution >= 0.6 is 0 Å². The largest absolute Gasteiger partial charge is 0.465 e. The van der Waals surface area contributed by atoms with Gasteiger partial charge in [-0.1, -0.05) is 24.3 Å². The fraction of sp³-hybridized carbons (Fsp3) is 0.286. The van der Waals surface area contributed by atoms with Gasteiger partial charge in [-0.25, -0.2) is 4.79 Å². The number of piperazine rings is 1. The van der Waals surface area contributed by atoms with Crippen LogP contribution in [0.1, 0.15) is 27.0 Å². The summed E-state index contributed by atoms with van der Waals surface area (Å²) in [7, 11) is 1.36. The Balaban J connectivity index is 1.72. The van der Waals surface area contributed by atoms with Crippen LogP contribution in [-0.2, 0) is 16.1 Å². The van der Waals surface area contributed by atoms with Crippen LogP contribution in [0.4, 0.5) is 5.69 Å². The number of carbonyl (C=O) groups is 2. The summed E-state index contributed by atoms with van der Waals surface area (Å²) in [5.74, 6) is -0.382. The van der Waals surface area contributed by atoms with Crippen LogP contribution in [-0.4, -0.2) is 43.5 Å². The average Bonchev–Trinajstić information content (AvgIpc) is 2.70. The predicted octanol–water partition coefficient (Wildman–Crippen LogP) is 2.50. The molecule has 0 aliphatic carbocycles. The highest BCUT2D eigenvalue weighted by molar-refractivity contribution is 5.91. The highest BCUT2D eigenvalue weighted by Crippen LogP contribution is 2.22. The molecule has 0 unspecified atom stereocenters. The van der Waals surface area contributed by atoms with Crippen LogP contribution in [0.5, 0.6) is 0 Å². The smallest absolute Gasteiger partial charge is 0.338 e. The van der Waals surface area contributed by atoms with Crippen molar-refractivity contribution in [2.24, 2.45) is 0 Å². The normalized spacial score (nSPS) is 14.0. The van der Waals surface area contributed by atoms with E-state index in [9.17, 15) is 14.9 Å². The van der Waals surface area contributed by atoms with Crippen molar-refractivity contribution < 1.29 is 14.3 Å². The van der Waals surface area contributed by atoms with Gasteiger partial charge >= 0.3 is 5.97 Å². The molecule has 1 aliphatic heterocycles. The Kier molecular flexibility index (Phi) is 5.41. The van der Waals surface area contributed by atoms with E-state index in [0.717, 1.165) is 16.8 Å². The van der Waals surface area contributed by atoms with Crippen LogP contribution in [0, 0.1) is 18.3 Å². The van der Waals surface area contributed by atoms with Crippen molar-refractivity contribution in [2.45, 2.75) is 13.5 Å². The van der Waals surface area contributed by atoms with E-state index < -0.39 is 0 Å². The minimum Gasteiger partial charge on any atom is -0.465 e. The molecule has 3 rings (SSSR count). The van der Waals surface area contributed by atoms with E-state index in [1.807, 2.05) is 42.2 Å². The van der Waals surface area contributed by atoms with Crippen molar-refractivity contribution >= 4 is 17.6 Å².